The first-order chi connectivity index (χ1) is 26.2. The van der Waals surface area contributed by atoms with Crippen molar-refractivity contribution in [3.63, 3.8) is 0 Å². The molecule has 4 N–H and O–H groups in total. The van der Waals surface area contributed by atoms with Crippen LogP contribution in [0.25, 0.3) is 0 Å². The van der Waals surface area contributed by atoms with Crippen LogP contribution in [0.5, 0.6) is 0 Å². The molecule has 0 fully saturated rings. The first kappa shape index (κ1) is 44.5. The number of aromatic nitrogens is 4. The molecule has 0 saturated heterocycles. The largest absolute Gasteiger partial charge is 0.466 e. The average Bonchev–Trinajstić information content (AvgIpc) is 3.08. The van der Waals surface area contributed by atoms with Gasteiger partial charge in [-0.1, -0.05) is 23.7 Å². The van der Waals surface area contributed by atoms with Crippen molar-refractivity contribution in [2.45, 2.75) is 65.7 Å². The maximum Gasteiger partial charge on any atom is 0.416 e. The standard InChI is InChI=1S/C18H17ClF3N3O3.C18H19F3N4O3/c1-3-28-16(26)7-6-11-4-5-12(8-13(11)18(20,21)22)17(27)25-15-9-14(19)23-10(2)24-15;1-3-28-16(26)7-6-11-4-5-12(8-13(11)18(19,20)21)17(27)25-15-9-14(22)23-10(2)24-15/h4-5,8-9H,3,6-7H2,1-2H3,(H,23,24,25,27);4-5,8-9H,3,6-7H2,1-2H3,(H3,22,23,24,25,27). The summed E-state index contributed by atoms with van der Waals surface area (Å²) in [6, 6.07) is 8.92. The predicted molar refractivity (Wildman–Crippen MR) is 192 cm³/mol. The van der Waals surface area contributed by atoms with Crippen LogP contribution in [0.15, 0.2) is 48.5 Å². The van der Waals surface area contributed by atoms with Gasteiger partial charge in [0.25, 0.3) is 11.8 Å². The van der Waals surface area contributed by atoms with Crippen LogP contribution in [0.1, 0.15) is 81.3 Å². The zero-order chi connectivity index (χ0) is 41.8. The third kappa shape index (κ3) is 13.8. The van der Waals surface area contributed by atoms with Gasteiger partial charge in [0, 0.05) is 36.1 Å². The molecule has 4 aromatic rings. The highest BCUT2D eigenvalue weighted by Crippen LogP contribution is 2.35. The van der Waals surface area contributed by atoms with Crippen molar-refractivity contribution in [3.8, 4) is 0 Å². The van der Waals surface area contributed by atoms with E-state index in [1.165, 1.54) is 36.4 Å². The van der Waals surface area contributed by atoms with Crippen LogP contribution in [0.4, 0.5) is 43.8 Å². The van der Waals surface area contributed by atoms with E-state index in [4.69, 9.17) is 26.8 Å². The third-order valence-electron chi connectivity index (χ3n) is 7.31. The van der Waals surface area contributed by atoms with Gasteiger partial charge in [0.15, 0.2) is 0 Å². The van der Waals surface area contributed by atoms with Gasteiger partial charge in [-0.15, -0.1) is 0 Å². The van der Waals surface area contributed by atoms with Gasteiger partial charge in [-0.2, -0.15) is 26.3 Å². The second-order valence-corrected chi connectivity index (χ2v) is 12.0. The number of nitrogen functional groups attached to an aromatic ring is 1. The number of nitrogens with zero attached hydrogens (tertiary/aromatic N) is 4. The van der Waals surface area contributed by atoms with Crippen molar-refractivity contribution in [2.75, 3.05) is 29.6 Å². The van der Waals surface area contributed by atoms with Crippen LogP contribution in [0.2, 0.25) is 5.15 Å². The van der Waals surface area contributed by atoms with Gasteiger partial charge in [0.1, 0.15) is 34.3 Å². The molecule has 0 aliphatic carbocycles. The molecule has 0 unspecified atom stereocenters. The van der Waals surface area contributed by atoms with Crippen molar-refractivity contribution in [2.24, 2.45) is 0 Å². The molecule has 56 heavy (non-hydrogen) atoms. The monoisotopic (exact) mass is 811 g/mol. The Labute approximate surface area is 321 Å². The van der Waals surface area contributed by atoms with Crippen LogP contribution in [-0.2, 0) is 44.3 Å². The third-order valence-corrected chi connectivity index (χ3v) is 7.50. The molecule has 0 saturated carbocycles. The Kier molecular flexibility index (Phi) is 15.6. The van der Waals surface area contributed by atoms with E-state index in [9.17, 15) is 45.5 Å². The van der Waals surface area contributed by atoms with E-state index in [0.29, 0.717) is 11.6 Å². The number of halogens is 7. The number of ether oxygens (including phenoxy) is 2. The van der Waals surface area contributed by atoms with Crippen molar-refractivity contribution in [1.82, 2.24) is 19.9 Å². The van der Waals surface area contributed by atoms with Crippen molar-refractivity contribution in [1.29, 1.82) is 0 Å². The number of benzene rings is 2. The number of amides is 2. The molecule has 0 aliphatic rings. The topological polar surface area (TPSA) is 188 Å². The van der Waals surface area contributed by atoms with E-state index in [1.807, 2.05) is 0 Å². The fraction of sp³-hybridized carbons (Fsp3) is 0.333. The lowest BCUT2D eigenvalue weighted by atomic mass is 9.99. The highest BCUT2D eigenvalue weighted by molar-refractivity contribution is 6.29. The number of alkyl halides is 6. The summed E-state index contributed by atoms with van der Waals surface area (Å²) in [5, 5.41) is 4.87. The van der Waals surface area contributed by atoms with Crippen LogP contribution < -0.4 is 16.4 Å². The number of anilines is 3. The summed E-state index contributed by atoms with van der Waals surface area (Å²) < 4.78 is 89.9. The molecule has 300 valence electrons. The summed E-state index contributed by atoms with van der Waals surface area (Å²) in [4.78, 5) is 63.1. The lowest BCUT2D eigenvalue weighted by molar-refractivity contribution is -0.144. The molecule has 0 bridgehead atoms. The van der Waals surface area contributed by atoms with Gasteiger partial charge in [-0.3, -0.25) is 19.2 Å². The Hall–Kier alpha value is -5.85. The number of aryl methyl sites for hydroxylation is 4. The maximum atomic E-state index is 13.4. The number of nitrogens with two attached hydrogens (primary N) is 1. The first-order valence-electron chi connectivity index (χ1n) is 16.7. The number of carbonyl (C=O) groups excluding carboxylic acids is 4. The highest BCUT2D eigenvalue weighted by atomic mass is 35.5. The van der Waals surface area contributed by atoms with Gasteiger partial charge in [-0.05, 0) is 75.9 Å². The van der Waals surface area contributed by atoms with Crippen LogP contribution in [0, 0.1) is 13.8 Å². The Bertz CT molecular complexity index is 1880. The van der Waals surface area contributed by atoms with Crippen LogP contribution >= 0.6 is 11.6 Å². The molecule has 2 aromatic heterocycles. The summed E-state index contributed by atoms with van der Waals surface area (Å²) in [5.41, 5.74) is 2.98. The lowest BCUT2D eigenvalue weighted by Gasteiger charge is -2.14. The number of hydrogen-bond donors (Lipinski definition) is 3. The van der Waals surface area contributed by atoms with Gasteiger partial charge >= 0.3 is 24.3 Å². The van der Waals surface area contributed by atoms with Gasteiger partial charge < -0.3 is 25.8 Å². The molecule has 0 atom stereocenters. The number of rotatable bonds is 12. The van der Waals surface area contributed by atoms with E-state index < -0.39 is 47.2 Å². The molecule has 20 heteroatoms. The van der Waals surface area contributed by atoms with Crippen molar-refractivity contribution >= 4 is 52.8 Å². The Morgan fingerprint density at radius 3 is 1.45 bits per heavy atom. The molecule has 0 spiro atoms. The molecule has 2 heterocycles. The van der Waals surface area contributed by atoms with Crippen molar-refractivity contribution in [3.05, 3.63) is 98.7 Å². The summed E-state index contributed by atoms with van der Waals surface area (Å²) in [6.07, 6.45) is -10.1. The number of carbonyl (C=O) groups is 4. The zero-order valence-electron chi connectivity index (χ0n) is 30.3. The molecule has 2 aromatic carbocycles. The molecule has 4 rings (SSSR count). The van der Waals surface area contributed by atoms with Crippen LogP contribution in [-0.4, -0.2) is 56.9 Å². The number of hydrogen-bond acceptors (Lipinski definition) is 11. The summed E-state index contributed by atoms with van der Waals surface area (Å²) in [7, 11) is 0. The summed E-state index contributed by atoms with van der Waals surface area (Å²) in [6.45, 7) is 6.64. The highest BCUT2D eigenvalue weighted by Gasteiger charge is 2.35. The first-order valence-corrected chi connectivity index (χ1v) is 17.0. The van der Waals surface area contributed by atoms with Gasteiger partial charge in [-0.25, -0.2) is 19.9 Å². The Morgan fingerprint density at radius 1 is 0.661 bits per heavy atom. The van der Waals surface area contributed by atoms with E-state index in [2.05, 4.69) is 30.6 Å². The molecule has 0 radical (unpaired) electrons. The van der Waals surface area contributed by atoms with Crippen molar-refractivity contribution < 1.29 is 55.0 Å². The second-order valence-electron chi connectivity index (χ2n) is 11.6. The number of nitrogens with one attached hydrogen (secondary N) is 2. The van der Waals surface area contributed by atoms with Gasteiger partial charge in [0.2, 0.25) is 0 Å². The molecule has 13 nitrogen and oxygen atoms in total. The normalized spacial score (nSPS) is 11.2. The quantitative estimate of drug-likeness (QED) is 0.0738. The Balaban J connectivity index is 0.000000300. The molecule has 0 aliphatic heterocycles. The van der Waals surface area contributed by atoms with E-state index in [1.54, 1.807) is 27.7 Å². The predicted octanol–water partition coefficient (Wildman–Crippen LogP) is 7.34. The molecular weight excluding hydrogens is 776 g/mol. The molecular formula is C36H36ClF6N7O6. The average molecular weight is 812 g/mol. The molecule has 2 amide bonds. The minimum atomic E-state index is -4.69. The minimum absolute atomic E-state index is 0.0717. The lowest BCUT2D eigenvalue weighted by Crippen LogP contribution is -2.17. The number of esters is 2. The fourth-order valence-electron chi connectivity index (χ4n) is 4.97. The van der Waals surface area contributed by atoms with E-state index in [-0.39, 0.29) is 83.8 Å². The Morgan fingerprint density at radius 2 is 1.07 bits per heavy atom. The summed E-state index contributed by atoms with van der Waals surface area (Å²) in [5.74, 6) is -1.86. The fourth-order valence-corrected chi connectivity index (χ4v) is 5.19. The van der Waals surface area contributed by atoms with Crippen LogP contribution in [0.3, 0.4) is 0 Å². The smallest absolute Gasteiger partial charge is 0.416 e. The van der Waals surface area contributed by atoms with Gasteiger partial charge in [0.05, 0.1) is 24.3 Å². The maximum absolute atomic E-state index is 13.4. The minimum Gasteiger partial charge on any atom is -0.466 e. The van der Waals surface area contributed by atoms with E-state index >= 15 is 0 Å². The van der Waals surface area contributed by atoms with E-state index in [0.717, 1.165) is 12.1 Å². The second kappa shape index (κ2) is 19.7. The SMILES string of the molecule is CCOC(=O)CCc1ccc(C(=O)Nc2cc(Cl)nc(C)n2)cc1C(F)(F)F.CCOC(=O)CCc1ccc(C(=O)Nc2cc(N)nc(C)n2)cc1C(F)(F)F. The zero-order valence-corrected chi connectivity index (χ0v) is 31.1. The summed E-state index contributed by atoms with van der Waals surface area (Å²) >= 11 is 5.78.